The first kappa shape index (κ1) is 38.0. The number of halogens is 4. The molecule has 49 heavy (non-hydrogen) atoms. The minimum Gasteiger partial charge on any atom is -0.420 e. The zero-order valence-corrected chi connectivity index (χ0v) is 29.5. The second-order valence-corrected chi connectivity index (χ2v) is 14.7. The normalized spacial score (nSPS) is 12.5. The van der Waals surface area contributed by atoms with E-state index in [9.17, 15) is 22.4 Å². The Hall–Kier alpha value is -3.77. The molecule has 0 aliphatic rings. The van der Waals surface area contributed by atoms with Crippen molar-refractivity contribution < 1.29 is 31.8 Å². The van der Waals surface area contributed by atoms with Gasteiger partial charge in [-0.15, -0.1) is 0 Å². The van der Waals surface area contributed by atoms with E-state index in [4.69, 9.17) is 10.5 Å². The van der Waals surface area contributed by atoms with Crippen LogP contribution in [0, 0.1) is 34.1 Å². The van der Waals surface area contributed by atoms with Gasteiger partial charge in [-0.3, -0.25) is 4.79 Å². The first-order valence-electron chi connectivity index (χ1n) is 17.0. The Morgan fingerprint density at radius 2 is 1.61 bits per heavy atom. The molecule has 0 radical (unpaired) electrons. The van der Waals surface area contributed by atoms with Gasteiger partial charge in [0.05, 0.1) is 30.7 Å². The number of anilines is 1. The Balaban J connectivity index is 1.17. The minimum atomic E-state index is -1.76. The molecule has 0 unspecified atom stereocenters. The van der Waals surface area contributed by atoms with Crippen molar-refractivity contribution in [1.82, 2.24) is 19.9 Å². The van der Waals surface area contributed by atoms with Gasteiger partial charge in [-0.05, 0) is 56.3 Å². The molecular weight excluding hydrogens is 638 g/mol. The summed E-state index contributed by atoms with van der Waals surface area (Å²) in [6, 6.07) is 6.46. The number of carbonyl (C=O) groups excluding carboxylic acids is 1. The van der Waals surface area contributed by atoms with Crippen LogP contribution in [0.25, 0.3) is 21.9 Å². The third-order valence-corrected chi connectivity index (χ3v) is 8.43. The van der Waals surface area contributed by atoms with Crippen LogP contribution in [-0.2, 0) is 22.4 Å². The number of hydrogen-bond acceptors (Lipinski definition) is 7. The zero-order valence-electron chi connectivity index (χ0n) is 29.5. The van der Waals surface area contributed by atoms with E-state index in [1.54, 1.807) is 13.8 Å². The van der Waals surface area contributed by atoms with Crippen LogP contribution in [0.5, 0.6) is 5.75 Å². The number of benzene rings is 2. The van der Waals surface area contributed by atoms with E-state index in [0.717, 1.165) is 85.8 Å². The van der Waals surface area contributed by atoms with Gasteiger partial charge in [0.1, 0.15) is 11.3 Å². The first-order valence-corrected chi connectivity index (χ1v) is 17.0. The van der Waals surface area contributed by atoms with Gasteiger partial charge in [0.25, 0.3) is 0 Å². The maximum absolute atomic E-state index is 13.9. The highest BCUT2D eigenvalue weighted by atomic mass is 19.2. The third-order valence-electron chi connectivity index (χ3n) is 8.43. The van der Waals surface area contributed by atoms with E-state index in [1.807, 2.05) is 0 Å². The molecule has 2 aromatic heterocycles. The highest BCUT2D eigenvalue weighted by Gasteiger charge is 2.29. The molecule has 0 bridgehead atoms. The van der Waals surface area contributed by atoms with E-state index in [2.05, 4.69) is 70.6 Å². The number of aromatic nitrogens is 3. The number of nitrogen functional groups attached to an aromatic ring is 1. The van der Waals surface area contributed by atoms with Crippen LogP contribution >= 0.6 is 0 Å². The molecule has 0 saturated carbocycles. The number of unbranched alkanes of at least 4 members (excludes halogenated alkanes) is 3. The van der Waals surface area contributed by atoms with E-state index in [0.29, 0.717) is 12.4 Å². The fraction of sp³-hybridized carbons (Fsp3) is 0.541. The highest BCUT2D eigenvalue weighted by Crippen LogP contribution is 2.30. The summed E-state index contributed by atoms with van der Waals surface area (Å²) in [6.07, 6.45) is 6.93. The van der Waals surface area contributed by atoms with Crippen molar-refractivity contribution in [3.05, 3.63) is 58.9 Å². The number of imidazole rings is 1. The van der Waals surface area contributed by atoms with Gasteiger partial charge in [0.15, 0.2) is 17.5 Å². The SMILES string of the molecule is CCCCc1nc2c(N)nc3cc(CCCCCN(C)CC(C)(C)COCC(C)(C)CC(=O)Oc4c(F)c(F)cc(F)c4F)ccc3c2[nH]1. The predicted octanol–water partition coefficient (Wildman–Crippen LogP) is 8.30. The molecule has 0 aliphatic carbocycles. The number of fused-ring (bicyclic) bond motifs is 3. The summed E-state index contributed by atoms with van der Waals surface area (Å²) in [7, 11) is 2.08. The molecule has 0 amide bonds. The third kappa shape index (κ3) is 10.4. The fourth-order valence-corrected chi connectivity index (χ4v) is 6.06. The molecule has 3 N–H and O–H groups in total. The summed E-state index contributed by atoms with van der Waals surface area (Å²) in [5.41, 5.74) is 9.13. The molecule has 0 aliphatic heterocycles. The fourth-order valence-electron chi connectivity index (χ4n) is 6.06. The van der Waals surface area contributed by atoms with Gasteiger partial charge < -0.3 is 25.1 Å². The summed E-state index contributed by atoms with van der Waals surface area (Å²) < 4.78 is 65.3. The van der Waals surface area contributed by atoms with E-state index >= 15 is 0 Å². The average molecular weight is 688 g/mol. The summed E-state index contributed by atoms with van der Waals surface area (Å²) in [5, 5.41) is 1.04. The average Bonchev–Trinajstić information content (AvgIpc) is 3.45. The van der Waals surface area contributed by atoms with E-state index < -0.39 is 40.4 Å². The summed E-state index contributed by atoms with van der Waals surface area (Å²) >= 11 is 0. The quantitative estimate of drug-likeness (QED) is 0.0356. The second-order valence-electron chi connectivity index (χ2n) is 14.7. The van der Waals surface area contributed by atoms with Crippen molar-refractivity contribution in [1.29, 1.82) is 0 Å². The number of H-pyrrole nitrogens is 1. The molecule has 0 atom stereocenters. The lowest BCUT2D eigenvalue weighted by Gasteiger charge is -2.32. The Morgan fingerprint density at radius 1 is 0.918 bits per heavy atom. The van der Waals surface area contributed by atoms with Gasteiger partial charge >= 0.3 is 5.97 Å². The molecule has 0 saturated heterocycles. The lowest BCUT2D eigenvalue weighted by Crippen LogP contribution is -2.36. The van der Waals surface area contributed by atoms with Gasteiger partial charge in [-0.2, -0.15) is 8.78 Å². The maximum atomic E-state index is 13.9. The molecule has 12 heteroatoms. The van der Waals surface area contributed by atoms with Gasteiger partial charge in [-0.25, -0.2) is 18.7 Å². The van der Waals surface area contributed by atoms with Crippen molar-refractivity contribution in [2.45, 2.75) is 86.0 Å². The molecule has 8 nitrogen and oxygen atoms in total. The van der Waals surface area contributed by atoms with Crippen molar-refractivity contribution in [3.63, 3.8) is 0 Å². The lowest BCUT2D eigenvalue weighted by atomic mass is 9.90. The maximum Gasteiger partial charge on any atom is 0.312 e. The van der Waals surface area contributed by atoms with Crippen LogP contribution in [0.15, 0.2) is 24.3 Å². The van der Waals surface area contributed by atoms with Crippen molar-refractivity contribution in [2.75, 3.05) is 39.1 Å². The molecule has 2 aromatic carbocycles. The summed E-state index contributed by atoms with van der Waals surface area (Å²) in [4.78, 5) is 27.4. The van der Waals surface area contributed by atoms with Crippen LogP contribution in [-0.4, -0.2) is 59.2 Å². The van der Waals surface area contributed by atoms with Gasteiger partial charge in [-0.1, -0.05) is 59.6 Å². The summed E-state index contributed by atoms with van der Waals surface area (Å²) in [5.74, 6) is -7.80. The van der Waals surface area contributed by atoms with Gasteiger partial charge in [0, 0.05) is 29.8 Å². The molecule has 4 aromatic rings. The molecule has 2 heterocycles. The van der Waals surface area contributed by atoms with Crippen molar-refractivity contribution in [3.8, 4) is 5.75 Å². The molecule has 4 rings (SSSR count). The number of aryl methyl sites for hydroxylation is 2. The zero-order chi connectivity index (χ0) is 35.9. The number of nitrogens with zero attached hydrogens (tertiary/aromatic N) is 3. The Labute approximate surface area is 285 Å². The largest absolute Gasteiger partial charge is 0.420 e. The lowest BCUT2D eigenvalue weighted by molar-refractivity contribution is -0.138. The number of esters is 1. The highest BCUT2D eigenvalue weighted by molar-refractivity contribution is 6.06. The first-order chi connectivity index (χ1) is 23.1. The van der Waals surface area contributed by atoms with Gasteiger partial charge in [0.2, 0.25) is 17.4 Å². The Kier molecular flexibility index (Phi) is 12.6. The predicted molar refractivity (Wildman–Crippen MR) is 184 cm³/mol. The van der Waals surface area contributed by atoms with Crippen molar-refractivity contribution >= 4 is 33.7 Å². The number of aromatic amines is 1. The standard InChI is InChI=1S/C37H49F4N5O3/c1-7-8-13-28-44-32-24-15-14-23(17-27(24)43-35(42)33(32)45-28)12-10-9-11-16-46(6)20-37(4,5)22-48-21-36(2,3)19-29(47)49-34-30(40)25(38)18-26(39)31(34)41/h14-15,17-18H,7-13,16,19-22H2,1-6H3,(H2,42,43)(H,44,45). The number of pyridine rings is 1. The molecule has 0 fully saturated rings. The topological polar surface area (TPSA) is 106 Å². The number of hydrogen-bond donors (Lipinski definition) is 2. The number of rotatable bonds is 18. The Morgan fingerprint density at radius 3 is 2.31 bits per heavy atom. The molecule has 268 valence electrons. The number of nitrogens with two attached hydrogens (primary N) is 1. The molecular formula is C37H49F4N5O3. The molecule has 0 spiro atoms. The van der Waals surface area contributed by atoms with E-state index in [1.165, 1.54) is 5.56 Å². The van der Waals surface area contributed by atoms with Crippen LogP contribution in [0.2, 0.25) is 0 Å². The monoisotopic (exact) mass is 687 g/mol. The number of nitrogens with one attached hydrogen (secondary N) is 1. The van der Waals surface area contributed by atoms with Crippen LogP contribution in [0.3, 0.4) is 0 Å². The Bertz CT molecular complexity index is 1730. The van der Waals surface area contributed by atoms with E-state index in [-0.39, 0.29) is 24.5 Å². The van der Waals surface area contributed by atoms with Crippen LogP contribution in [0.1, 0.15) is 84.5 Å². The summed E-state index contributed by atoms with van der Waals surface area (Å²) in [6.45, 7) is 12.1. The number of carbonyl (C=O) groups is 1. The smallest absolute Gasteiger partial charge is 0.312 e. The second kappa shape index (κ2) is 16.3. The minimum absolute atomic E-state index is 0.0586. The van der Waals surface area contributed by atoms with Crippen LogP contribution in [0.4, 0.5) is 23.4 Å². The number of ether oxygens (including phenoxy) is 2. The van der Waals surface area contributed by atoms with Crippen LogP contribution < -0.4 is 10.5 Å². The van der Waals surface area contributed by atoms with Crippen molar-refractivity contribution in [2.24, 2.45) is 10.8 Å².